The van der Waals surface area contributed by atoms with E-state index in [-0.39, 0.29) is 11.8 Å². The molecular weight excluding hydrogens is 338 g/mol. The zero-order chi connectivity index (χ0) is 18.0. The molecular formula is C18H25N3O3S. The highest BCUT2D eigenvalue weighted by molar-refractivity contribution is 7.17. The number of thiophene rings is 1. The summed E-state index contributed by atoms with van der Waals surface area (Å²) in [5.41, 5.74) is 6.90. The van der Waals surface area contributed by atoms with E-state index in [1.54, 1.807) is 11.8 Å². The van der Waals surface area contributed by atoms with Crippen molar-refractivity contribution in [1.82, 2.24) is 4.90 Å². The second kappa shape index (κ2) is 7.56. The van der Waals surface area contributed by atoms with Crippen molar-refractivity contribution in [2.75, 3.05) is 11.9 Å². The molecule has 2 heterocycles. The molecule has 0 unspecified atom stereocenters. The number of anilines is 1. The SMILES string of the molecule is CC(=O)N1CCc2c(sc(NC(=O)CC3CCCCC3)c2C(N)=O)C1. The average molecular weight is 363 g/mol. The first-order chi connectivity index (χ1) is 12.0. The molecule has 0 aromatic carbocycles. The van der Waals surface area contributed by atoms with Crippen LogP contribution < -0.4 is 11.1 Å². The quantitative estimate of drug-likeness (QED) is 0.861. The van der Waals surface area contributed by atoms with Gasteiger partial charge in [-0.2, -0.15) is 0 Å². The van der Waals surface area contributed by atoms with Crippen LogP contribution in [-0.4, -0.2) is 29.2 Å². The minimum Gasteiger partial charge on any atom is -0.365 e. The van der Waals surface area contributed by atoms with Gasteiger partial charge in [-0.1, -0.05) is 19.3 Å². The van der Waals surface area contributed by atoms with Gasteiger partial charge in [0, 0.05) is 24.8 Å². The molecule has 0 atom stereocenters. The molecule has 1 aromatic rings. The van der Waals surface area contributed by atoms with Crippen LogP contribution in [0.5, 0.6) is 0 Å². The molecule has 3 N–H and O–H groups in total. The third-order valence-corrected chi connectivity index (χ3v) is 6.33. The van der Waals surface area contributed by atoms with E-state index in [0.29, 0.717) is 42.4 Å². The largest absolute Gasteiger partial charge is 0.365 e. The van der Waals surface area contributed by atoms with Gasteiger partial charge in [0.25, 0.3) is 5.91 Å². The van der Waals surface area contributed by atoms with E-state index in [4.69, 9.17) is 5.73 Å². The average Bonchev–Trinajstić information content (AvgIpc) is 2.92. The van der Waals surface area contributed by atoms with Gasteiger partial charge in [-0.15, -0.1) is 11.3 Å². The minimum absolute atomic E-state index is 0.0163. The Bertz CT molecular complexity index is 692. The fourth-order valence-corrected chi connectivity index (χ4v) is 5.14. The van der Waals surface area contributed by atoms with Crippen LogP contribution in [0.1, 0.15) is 66.2 Å². The number of primary amides is 1. The molecule has 2 aliphatic rings. The third-order valence-electron chi connectivity index (χ3n) is 5.20. The number of rotatable bonds is 4. The molecule has 1 aliphatic heterocycles. The second-order valence-electron chi connectivity index (χ2n) is 7.02. The molecule has 136 valence electrons. The molecule has 6 nitrogen and oxygen atoms in total. The van der Waals surface area contributed by atoms with Gasteiger partial charge < -0.3 is 16.0 Å². The summed E-state index contributed by atoms with van der Waals surface area (Å²) < 4.78 is 0. The summed E-state index contributed by atoms with van der Waals surface area (Å²) >= 11 is 1.38. The van der Waals surface area contributed by atoms with E-state index in [1.807, 2.05) is 0 Å². The first kappa shape index (κ1) is 17.9. The van der Waals surface area contributed by atoms with E-state index >= 15 is 0 Å². The second-order valence-corrected chi connectivity index (χ2v) is 8.12. The topological polar surface area (TPSA) is 92.5 Å². The molecule has 0 spiro atoms. The van der Waals surface area contributed by atoms with Gasteiger partial charge in [0.05, 0.1) is 12.1 Å². The van der Waals surface area contributed by atoms with E-state index in [0.717, 1.165) is 23.3 Å². The minimum atomic E-state index is -0.512. The first-order valence-corrected chi connectivity index (χ1v) is 9.77. The van der Waals surface area contributed by atoms with Crippen LogP contribution in [0.15, 0.2) is 0 Å². The Labute approximate surface area is 151 Å². The fraction of sp³-hybridized carbons (Fsp3) is 0.611. The number of hydrogen-bond donors (Lipinski definition) is 2. The van der Waals surface area contributed by atoms with Crippen LogP contribution in [0.4, 0.5) is 5.00 Å². The summed E-state index contributed by atoms with van der Waals surface area (Å²) in [5.74, 6) is -0.103. The van der Waals surface area contributed by atoms with Gasteiger partial charge in [-0.05, 0) is 30.7 Å². The predicted molar refractivity (Wildman–Crippen MR) is 97.5 cm³/mol. The molecule has 3 amide bonds. The first-order valence-electron chi connectivity index (χ1n) is 8.95. The Hall–Kier alpha value is -1.89. The van der Waals surface area contributed by atoms with Crippen molar-refractivity contribution in [1.29, 1.82) is 0 Å². The van der Waals surface area contributed by atoms with Crippen LogP contribution in [-0.2, 0) is 22.6 Å². The van der Waals surface area contributed by atoms with Gasteiger partial charge in [-0.3, -0.25) is 14.4 Å². The summed E-state index contributed by atoms with van der Waals surface area (Å²) in [6.45, 7) is 2.60. The predicted octanol–water partition coefficient (Wildman–Crippen LogP) is 2.66. The summed E-state index contributed by atoms with van der Waals surface area (Å²) in [4.78, 5) is 38.7. The Morgan fingerprint density at radius 1 is 1.24 bits per heavy atom. The maximum Gasteiger partial charge on any atom is 0.251 e. The van der Waals surface area contributed by atoms with Crippen molar-refractivity contribution in [3.8, 4) is 0 Å². The number of carbonyl (C=O) groups excluding carboxylic acids is 3. The van der Waals surface area contributed by atoms with Gasteiger partial charge in [-0.25, -0.2) is 0 Å². The fourth-order valence-electron chi connectivity index (χ4n) is 3.85. The van der Waals surface area contributed by atoms with Gasteiger partial charge in [0.1, 0.15) is 5.00 Å². The molecule has 0 radical (unpaired) electrons. The van der Waals surface area contributed by atoms with Crippen LogP contribution in [0.25, 0.3) is 0 Å². The zero-order valence-corrected chi connectivity index (χ0v) is 15.4. The molecule has 1 aliphatic carbocycles. The van der Waals surface area contributed by atoms with Crippen molar-refractivity contribution in [3.63, 3.8) is 0 Å². The molecule has 0 bridgehead atoms. The lowest BCUT2D eigenvalue weighted by atomic mass is 9.87. The standard InChI is InChI=1S/C18H25N3O3S/c1-11(22)21-8-7-13-14(10-21)25-18(16(13)17(19)24)20-15(23)9-12-5-3-2-4-6-12/h12H,2-10H2,1H3,(H2,19,24)(H,20,23). The number of hydrogen-bond acceptors (Lipinski definition) is 4. The smallest absolute Gasteiger partial charge is 0.251 e. The Kier molecular flexibility index (Phi) is 5.42. The summed E-state index contributed by atoms with van der Waals surface area (Å²) in [5, 5.41) is 3.46. The number of amides is 3. The van der Waals surface area contributed by atoms with E-state index in [9.17, 15) is 14.4 Å². The Balaban J connectivity index is 1.75. The lowest BCUT2D eigenvalue weighted by molar-refractivity contribution is -0.129. The van der Waals surface area contributed by atoms with Crippen LogP contribution in [0.2, 0.25) is 0 Å². The maximum absolute atomic E-state index is 12.4. The van der Waals surface area contributed by atoms with Gasteiger partial charge >= 0.3 is 0 Å². The van der Waals surface area contributed by atoms with E-state index < -0.39 is 5.91 Å². The van der Waals surface area contributed by atoms with Gasteiger partial charge in [0.15, 0.2) is 0 Å². The van der Waals surface area contributed by atoms with Gasteiger partial charge in [0.2, 0.25) is 11.8 Å². The number of carbonyl (C=O) groups is 3. The summed E-state index contributed by atoms with van der Waals surface area (Å²) in [7, 11) is 0. The summed E-state index contributed by atoms with van der Waals surface area (Å²) in [6, 6.07) is 0. The number of nitrogens with zero attached hydrogens (tertiary/aromatic N) is 1. The van der Waals surface area contributed by atoms with Crippen molar-refractivity contribution in [3.05, 3.63) is 16.0 Å². The Morgan fingerprint density at radius 3 is 2.60 bits per heavy atom. The number of fused-ring (bicyclic) bond motifs is 1. The molecule has 1 aromatic heterocycles. The molecule has 1 saturated carbocycles. The molecule has 3 rings (SSSR count). The molecule has 1 fully saturated rings. The highest BCUT2D eigenvalue weighted by Gasteiger charge is 2.29. The number of nitrogens with two attached hydrogens (primary N) is 1. The van der Waals surface area contributed by atoms with Crippen LogP contribution >= 0.6 is 11.3 Å². The van der Waals surface area contributed by atoms with Crippen molar-refractivity contribution in [2.24, 2.45) is 11.7 Å². The van der Waals surface area contributed by atoms with Crippen molar-refractivity contribution >= 4 is 34.1 Å². The normalized spacial score (nSPS) is 17.9. The molecule has 25 heavy (non-hydrogen) atoms. The monoisotopic (exact) mass is 363 g/mol. The number of nitrogens with one attached hydrogen (secondary N) is 1. The van der Waals surface area contributed by atoms with E-state index in [1.165, 1.54) is 30.6 Å². The third kappa shape index (κ3) is 4.03. The maximum atomic E-state index is 12.4. The van der Waals surface area contributed by atoms with Crippen molar-refractivity contribution in [2.45, 2.75) is 58.4 Å². The lowest BCUT2D eigenvalue weighted by Gasteiger charge is -2.25. The highest BCUT2D eigenvalue weighted by atomic mass is 32.1. The molecule has 0 saturated heterocycles. The van der Waals surface area contributed by atoms with E-state index in [2.05, 4.69) is 5.32 Å². The van der Waals surface area contributed by atoms with Crippen molar-refractivity contribution < 1.29 is 14.4 Å². The van der Waals surface area contributed by atoms with Crippen LogP contribution in [0, 0.1) is 5.92 Å². The summed E-state index contributed by atoms with van der Waals surface area (Å²) in [6.07, 6.45) is 6.95. The Morgan fingerprint density at radius 2 is 1.96 bits per heavy atom. The highest BCUT2D eigenvalue weighted by Crippen LogP contribution is 2.37. The van der Waals surface area contributed by atoms with Crippen LogP contribution in [0.3, 0.4) is 0 Å². The zero-order valence-electron chi connectivity index (χ0n) is 14.6. The molecule has 7 heteroatoms. The lowest BCUT2D eigenvalue weighted by Crippen LogP contribution is -2.34.